The quantitative estimate of drug-likeness (QED) is 0.122. The van der Waals surface area contributed by atoms with Crippen LogP contribution in [0.4, 0.5) is 11.4 Å². The summed E-state index contributed by atoms with van der Waals surface area (Å²) < 4.78 is 0. The molecule has 1 aliphatic heterocycles. The number of hydrogen-bond acceptors (Lipinski definition) is 2. The smallest absolute Gasteiger partial charge is 0.0467 e. The molecule has 2 aromatic rings. The first-order valence-corrected chi connectivity index (χ1v) is 19.8. The third kappa shape index (κ3) is 8.67. The molecule has 1 heterocycles. The Morgan fingerprint density at radius 2 is 1.84 bits per heavy atom. The summed E-state index contributed by atoms with van der Waals surface area (Å²) in [5.74, 6) is 2.93. The molecule has 2 heteroatoms. The van der Waals surface area contributed by atoms with Crippen molar-refractivity contribution in [3.8, 4) is 0 Å². The van der Waals surface area contributed by atoms with E-state index in [0.717, 1.165) is 38.6 Å². The van der Waals surface area contributed by atoms with Gasteiger partial charge in [0, 0.05) is 41.6 Å². The number of nitrogens with zero attached hydrogens (tertiary/aromatic N) is 2. The number of para-hydroxylation sites is 1. The summed E-state index contributed by atoms with van der Waals surface area (Å²) in [4.78, 5) is 5.14. The van der Waals surface area contributed by atoms with Crippen LogP contribution in [0.5, 0.6) is 0 Å². The van der Waals surface area contributed by atoms with E-state index < -0.39 is 0 Å². The minimum atomic E-state index is 0.383. The largest absolute Gasteiger partial charge is 0.311 e. The molecule has 0 spiro atoms. The first-order valence-electron chi connectivity index (χ1n) is 19.8. The van der Waals surface area contributed by atoms with Gasteiger partial charge in [-0.2, -0.15) is 0 Å². The lowest BCUT2D eigenvalue weighted by Crippen LogP contribution is -2.39. The number of rotatable bonds is 17. The normalized spacial score (nSPS) is 25.1. The van der Waals surface area contributed by atoms with Crippen molar-refractivity contribution in [1.29, 1.82) is 0 Å². The highest BCUT2D eigenvalue weighted by Crippen LogP contribution is 2.48. The summed E-state index contributed by atoms with van der Waals surface area (Å²) in [6.07, 6.45) is 41.7. The molecule has 2 unspecified atom stereocenters. The Kier molecular flexibility index (Phi) is 12.8. The molecule has 2 aromatic carbocycles. The van der Waals surface area contributed by atoms with Gasteiger partial charge in [-0.1, -0.05) is 124 Å². The summed E-state index contributed by atoms with van der Waals surface area (Å²) in [6.45, 7) is 16.4. The average molecular weight is 677 g/mol. The fraction of sp³-hybridized carbons (Fsp3) is 0.388. The van der Waals surface area contributed by atoms with Gasteiger partial charge in [-0.15, -0.1) is 13.2 Å². The third-order valence-electron chi connectivity index (χ3n) is 11.6. The number of allylic oxidation sites excluding steroid dienone is 10. The van der Waals surface area contributed by atoms with Gasteiger partial charge in [-0.3, -0.25) is 4.90 Å². The Morgan fingerprint density at radius 3 is 2.59 bits per heavy atom. The van der Waals surface area contributed by atoms with Crippen LogP contribution in [0, 0.1) is 29.6 Å². The standard InChI is InChI=1S/C49H60N2/c1-6-10-22-43(9-4)50-36-47-42(29-28-40-21-17-25-48(50)49(40)47)34-38(8-3)19-13-11-14-20-41-35-46(33-30-39(41)18-7-2)51(44-23-15-12-16-24-44)45-31-26-37(5)27-32-45/h6,8-10,12,14-17,20-21,23-26,28-33,35,37-38,42-43,47-49H,3-4,7,11,13,18-19,22,27,34,36H2,1-2,5H3/b10-6-,20-14-/t37?,38-,42+,43-,47-,48?,49+/m0/s1. The average Bonchev–Trinajstić information content (AvgIpc) is 3.55. The van der Waals surface area contributed by atoms with Gasteiger partial charge in [0.1, 0.15) is 0 Å². The number of benzene rings is 2. The molecule has 1 saturated heterocycles. The Balaban J connectivity index is 1.11. The number of hydrogen-bond donors (Lipinski definition) is 0. The van der Waals surface area contributed by atoms with Crippen molar-refractivity contribution < 1.29 is 0 Å². The maximum absolute atomic E-state index is 4.32. The summed E-state index contributed by atoms with van der Waals surface area (Å²) in [5.41, 5.74) is 7.96. The fourth-order valence-electron chi connectivity index (χ4n) is 8.87. The predicted octanol–water partition coefficient (Wildman–Crippen LogP) is 12.8. The van der Waals surface area contributed by atoms with Crippen LogP contribution in [0.2, 0.25) is 0 Å². The highest BCUT2D eigenvalue weighted by Gasteiger charge is 2.48. The van der Waals surface area contributed by atoms with E-state index in [1.165, 1.54) is 53.0 Å². The van der Waals surface area contributed by atoms with Gasteiger partial charge >= 0.3 is 0 Å². The van der Waals surface area contributed by atoms with Crippen molar-refractivity contribution in [2.75, 3.05) is 11.4 Å². The molecule has 2 nitrogen and oxygen atoms in total. The van der Waals surface area contributed by atoms with Crippen LogP contribution in [-0.4, -0.2) is 23.5 Å². The molecule has 0 aromatic heterocycles. The minimum Gasteiger partial charge on any atom is -0.311 e. The van der Waals surface area contributed by atoms with Crippen molar-refractivity contribution in [2.45, 2.75) is 84.2 Å². The molecular weight excluding hydrogens is 617 g/mol. The number of unbranched alkanes of at least 4 members (excludes halogenated alkanes) is 1. The lowest BCUT2D eigenvalue weighted by Gasteiger charge is -2.36. The van der Waals surface area contributed by atoms with Crippen LogP contribution in [0.15, 0.2) is 152 Å². The Morgan fingerprint density at radius 1 is 0.980 bits per heavy atom. The summed E-state index contributed by atoms with van der Waals surface area (Å²) >= 11 is 0. The van der Waals surface area contributed by atoms with E-state index in [2.05, 4.69) is 177 Å². The van der Waals surface area contributed by atoms with Crippen LogP contribution in [0.3, 0.4) is 0 Å². The van der Waals surface area contributed by atoms with Crippen molar-refractivity contribution in [1.82, 2.24) is 4.90 Å². The van der Waals surface area contributed by atoms with E-state index in [4.69, 9.17) is 0 Å². The van der Waals surface area contributed by atoms with E-state index in [-0.39, 0.29) is 0 Å². The molecule has 266 valence electrons. The van der Waals surface area contributed by atoms with Crippen molar-refractivity contribution in [3.63, 3.8) is 0 Å². The summed E-state index contributed by atoms with van der Waals surface area (Å²) in [7, 11) is 0. The zero-order chi connectivity index (χ0) is 35.6. The molecule has 6 rings (SSSR count). The highest BCUT2D eigenvalue weighted by atomic mass is 15.2. The zero-order valence-electron chi connectivity index (χ0n) is 31.4. The van der Waals surface area contributed by atoms with E-state index >= 15 is 0 Å². The summed E-state index contributed by atoms with van der Waals surface area (Å²) in [6, 6.07) is 18.7. The molecular formula is C49H60N2. The highest BCUT2D eigenvalue weighted by molar-refractivity contribution is 5.73. The maximum atomic E-state index is 4.32. The van der Waals surface area contributed by atoms with Crippen LogP contribution in [0.1, 0.15) is 76.8 Å². The second kappa shape index (κ2) is 17.9. The van der Waals surface area contributed by atoms with E-state index in [0.29, 0.717) is 41.7 Å². The van der Waals surface area contributed by atoms with Crippen LogP contribution in [0.25, 0.3) is 6.08 Å². The lowest BCUT2D eigenvalue weighted by molar-refractivity contribution is 0.225. The number of likely N-dealkylation sites (tertiary alicyclic amines) is 1. The van der Waals surface area contributed by atoms with Crippen molar-refractivity contribution in [2.24, 2.45) is 29.6 Å². The second-order valence-corrected chi connectivity index (χ2v) is 15.1. The Labute approximate surface area is 309 Å². The van der Waals surface area contributed by atoms with Gasteiger partial charge in [0.25, 0.3) is 0 Å². The second-order valence-electron chi connectivity index (χ2n) is 15.1. The van der Waals surface area contributed by atoms with E-state index in [1.807, 2.05) is 0 Å². The maximum Gasteiger partial charge on any atom is 0.0467 e. The number of aryl methyl sites for hydroxylation is 1. The lowest BCUT2D eigenvalue weighted by atomic mass is 9.69. The first kappa shape index (κ1) is 36.6. The molecule has 0 saturated carbocycles. The molecule has 1 fully saturated rings. The monoisotopic (exact) mass is 676 g/mol. The molecule has 0 bridgehead atoms. The molecule has 0 radical (unpaired) electrons. The topological polar surface area (TPSA) is 6.48 Å². The molecule has 51 heavy (non-hydrogen) atoms. The third-order valence-corrected chi connectivity index (χ3v) is 11.6. The van der Waals surface area contributed by atoms with E-state index in [1.54, 1.807) is 0 Å². The van der Waals surface area contributed by atoms with Crippen LogP contribution in [-0.2, 0) is 6.42 Å². The van der Waals surface area contributed by atoms with Gasteiger partial charge in [0.2, 0.25) is 0 Å². The molecule has 0 amide bonds. The fourth-order valence-corrected chi connectivity index (χ4v) is 8.87. The first-order chi connectivity index (χ1) is 25.0. The molecule has 3 aliphatic carbocycles. The van der Waals surface area contributed by atoms with Crippen molar-refractivity contribution in [3.05, 3.63) is 163 Å². The van der Waals surface area contributed by atoms with Crippen LogP contribution < -0.4 is 4.90 Å². The van der Waals surface area contributed by atoms with Gasteiger partial charge < -0.3 is 4.90 Å². The Hall–Kier alpha value is -4.14. The predicted molar refractivity (Wildman–Crippen MR) is 222 cm³/mol. The van der Waals surface area contributed by atoms with E-state index in [9.17, 15) is 0 Å². The van der Waals surface area contributed by atoms with Gasteiger partial charge in [0.05, 0.1) is 0 Å². The van der Waals surface area contributed by atoms with Crippen molar-refractivity contribution >= 4 is 17.5 Å². The Bertz CT molecular complexity index is 1700. The van der Waals surface area contributed by atoms with Gasteiger partial charge in [-0.25, -0.2) is 0 Å². The molecule has 4 aliphatic rings. The summed E-state index contributed by atoms with van der Waals surface area (Å²) in [5, 5.41) is 0. The number of anilines is 2. The van der Waals surface area contributed by atoms with Gasteiger partial charge in [-0.05, 0) is 123 Å². The SMILES string of the molecule is C=C[C@@H](CCC/C=C\c1cc(N(C2=CCC(C)C=C2)c2ccccc2)ccc1CCC)C[C@H]1C=CC2=CC=CC3[C@H]2[C@H]1CN3[C@@H](C=C)C/C=C\C. The molecule has 0 N–H and O–H groups in total. The zero-order valence-corrected chi connectivity index (χ0v) is 31.4. The van der Waals surface area contributed by atoms with Crippen LogP contribution >= 0.6 is 0 Å². The van der Waals surface area contributed by atoms with Gasteiger partial charge in [0.15, 0.2) is 0 Å². The molecule has 7 atom stereocenters. The minimum absolute atomic E-state index is 0.383.